The summed E-state index contributed by atoms with van der Waals surface area (Å²) in [4.78, 5) is 42.2. The van der Waals surface area contributed by atoms with Crippen LogP contribution in [0.4, 0.5) is 4.79 Å². The van der Waals surface area contributed by atoms with Crippen LogP contribution in [0.15, 0.2) is 60.7 Å². The average molecular weight is 608 g/mol. The fourth-order valence-electron chi connectivity index (χ4n) is 5.52. The number of methoxy groups -OCH3 is 1. The Kier molecular flexibility index (Phi) is 11.5. The van der Waals surface area contributed by atoms with E-state index in [0.29, 0.717) is 38.8 Å². The smallest absolute Gasteiger partial charge is 0.445 e. The van der Waals surface area contributed by atoms with Gasteiger partial charge in [-0.2, -0.15) is 0 Å². The van der Waals surface area contributed by atoms with Gasteiger partial charge in [0.15, 0.2) is 0 Å². The first-order valence-electron chi connectivity index (χ1n) is 15.5. The molecule has 2 heterocycles. The summed E-state index contributed by atoms with van der Waals surface area (Å²) in [5, 5.41) is 5.91. The minimum absolute atomic E-state index is 0.0804. The van der Waals surface area contributed by atoms with E-state index in [2.05, 4.69) is 10.6 Å². The number of carbonyl (C=O) groups excluding carboxylic acids is 3. The molecule has 2 fully saturated rings. The number of amides is 3. The number of rotatable bonds is 13. The summed E-state index contributed by atoms with van der Waals surface area (Å²) < 4.78 is 23.2. The van der Waals surface area contributed by atoms with Gasteiger partial charge in [-0.1, -0.05) is 60.7 Å². The number of carbonyl (C=O) groups is 3. The van der Waals surface area contributed by atoms with E-state index in [9.17, 15) is 14.4 Å². The predicted molar refractivity (Wildman–Crippen MR) is 168 cm³/mol. The van der Waals surface area contributed by atoms with Crippen molar-refractivity contribution in [3.05, 3.63) is 71.8 Å². The predicted octanol–water partition coefficient (Wildman–Crippen LogP) is 4.06. The second kappa shape index (κ2) is 15.1. The number of nitrogens with zero attached hydrogens (tertiary/aromatic N) is 1. The summed E-state index contributed by atoms with van der Waals surface area (Å²) >= 11 is 0. The van der Waals surface area contributed by atoms with Crippen LogP contribution < -0.4 is 10.6 Å². The van der Waals surface area contributed by atoms with Crippen LogP contribution in [-0.4, -0.2) is 79.4 Å². The van der Waals surface area contributed by atoms with Crippen molar-refractivity contribution in [1.29, 1.82) is 0 Å². The molecule has 11 heteroatoms. The van der Waals surface area contributed by atoms with Crippen LogP contribution in [-0.2, 0) is 41.4 Å². The third-order valence-corrected chi connectivity index (χ3v) is 8.72. The van der Waals surface area contributed by atoms with Crippen molar-refractivity contribution in [3.63, 3.8) is 0 Å². The van der Waals surface area contributed by atoms with Gasteiger partial charge in [-0.05, 0) is 64.5 Å². The Bertz CT molecular complexity index is 1230. The summed E-state index contributed by atoms with van der Waals surface area (Å²) in [6, 6.07) is 17.2. The van der Waals surface area contributed by atoms with Crippen molar-refractivity contribution in [2.75, 3.05) is 20.3 Å². The lowest BCUT2D eigenvalue weighted by atomic mass is 9.75. The molecule has 0 radical (unpaired) electrons. The van der Waals surface area contributed by atoms with Crippen molar-refractivity contribution >= 4 is 25.0 Å². The van der Waals surface area contributed by atoms with Gasteiger partial charge < -0.3 is 34.3 Å². The molecule has 3 atom stereocenters. The SMILES string of the molecule is COCCCC(NC(=O)C1CCCN1C(=O)C(Cc1ccccc1)NC(=O)OCc1ccccc1)B1OC(C)(C)C(C)(C)O1. The van der Waals surface area contributed by atoms with E-state index in [1.54, 1.807) is 12.0 Å². The van der Waals surface area contributed by atoms with E-state index in [1.807, 2.05) is 88.4 Å². The Morgan fingerprint density at radius 3 is 2.18 bits per heavy atom. The van der Waals surface area contributed by atoms with Crippen LogP contribution >= 0.6 is 0 Å². The van der Waals surface area contributed by atoms with Gasteiger partial charge in [0.25, 0.3) is 0 Å². The number of nitrogens with one attached hydrogen (secondary N) is 2. The molecule has 0 aromatic heterocycles. The van der Waals surface area contributed by atoms with Crippen molar-refractivity contribution in [3.8, 4) is 0 Å². The molecule has 0 saturated carbocycles. The van der Waals surface area contributed by atoms with Crippen LogP contribution in [0.2, 0.25) is 0 Å². The molecule has 2 N–H and O–H groups in total. The number of hydrogen-bond donors (Lipinski definition) is 2. The third-order valence-electron chi connectivity index (χ3n) is 8.72. The second-order valence-corrected chi connectivity index (χ2v) is 12.5. The van der Waals surface area contributed by atoms with Crippen molar-refractivity contribution in [1.82, 2.24) is 15.5 Å². The Labute approximate surface area is 261 Å². The quantitative estimate of drug-likeness (QED) is 0.261. The minimum Gasteiger partial charge on any atom is -0.445 e. The first-order valence-corrected chi connectivity index (χ1v) is 15.5. The standard InChI is InChI=1S/C33H46BN3O7/c1-32(2)33(3,4)44-34(43-32)28(19-13-21-41-5)36-29(38)27-18-12-20-37(27)30(39)26(22-24-14-8-6-9-15-24)35-31(40)42-23-25-16-10-7-11-17-25/h6-11,14-17,26-28H,12-13,18-23H2,1-5H3,(H,35,40)(H,36,38). The van der Waals surface area contributed by atoms with Crippen LogP contribution in [0.5, 0.6) is 0 Å². The molecule has 4 rings (SSSR count). The van der Waals surface area contributed by atoms with Gasteiger partial charge in [-0.25, -0.2) is 4.79 Å². The average Bonchev–Trinajstić information content (AvgIpc) is 3.57. The highest BCUT2D eigenvalue weighted by atomic mass is 16.7. The van der Waals surface area contributed by atoms with E-state index >= 15 is 0 Å². The van der Waals surface area contributed by atoms with Crippen molar-refractivity contribution < 1.29 is 33.2 Å². The summed E-state index contributed by atoms with van der Waals surface area (Å²) in [5.41, 5.74) is 0.617. The number of alkyl carbamates (subject to hydrolysis) is 1. The Hall–Kier alpha value is -3.41. The first-order chi connectivity index (χ1) is 21.0. The largest absolute Gasteiger partial charge is 0.481 e. The topological polar surface area (TPSA) is 115 Å². The number of hydrogen-bond acceptors (Lipinski definition) is 7. The lowest BCUT2D eigenvalue weighted by Gasteiger charge is -2.32. The maximum Gasteiger partial charge on any atom is 0.481 e. The van der Waals surface area contributed by atoms with E-state index in [0.717, 1.165) is 11.1 Å². The van der Waals surface area contributed by atoms with E-state index in [-0.39, 0.29) is 24.8 Å². The van der Waals surface area contributed by atoms with Crippen molar-refractivity contribution in [2.45, 2.75) is 95.6 Å². The van der Waals surface area contributed by atoms with Gasteiger partial charge in [-0.15, -0.1) is 0 Å². The van der Waals surface area contributed by atoms with Crippen LogP contribution in [0.25, 0.3) is 0 Å². The fraction of sp³-hybridized carbons (Fsp3) is 0.545. The minimum atomic E-state index is -0.908. The molecule has 0 spiro atoms. The number of likely N-dealkylation sites (tertiary alicyclic amines) is 1. The van der Waals surface area contributed by atoms with Crippen LogP contribution in [0.1, 0.15) is 64.5 Å². The second-order valence-electron chi connectivity index (χ2n) is 12.5. The Balaban J connectivity index is 1.46. The molecule has 3 amide bonds. The highest BCUT2D eigenvalue weighted by Crippen LogP contribution is 2.38. The molecule has 0 aliphatic carbocycles. The molecule has 2 aliphatic rings. The molecule has 2 saturated heterocycles. The lowest BCUT2D eigenvalue weighted by Crippen LogP contribution is -2.57. The zero-order chi connectivity index (χ0) is 31.7. The highest BCUT2D eigenvalue weighted by molar-refractivity contribution is 6.48. The van der Waals surface area contributed by atoms with Crippen molar-refractivity contribution in [2.24, 2.45) is 0 Å². The molecule has 2 aromatic carbocycles. The summed E-state index contributed by atoms with van der Waals surface area (Å²) in [6.45, 7) is 8.93. The van der Waals surface area contributed by atoms with Gasteiger partial charge in [-0.3, -0.25) is 9.59 Å². The molecule has 44 heavy (non-hydrogen) atoms. The molecular formula is C33H46BN3O7. The van der Waals surface area contributed by atoms with E-state index in [1.165, 1.54) is 0 Å². The highest BCUT2D eigenvalue weighted by Gasteiger charge is 2.54. The number of benzene rings is 2. The molecule has 10 nitrogen and oxygen atoms in total. The van der Waals surface area contributed by atoms with Gasteiger partial charge in [0, 0.05) is 26.7 Å². The molecule has 238 valence electrons. The summed E-state index contributed by atoms with van der Waals surface area (Å²) in [6.07, 6.45) is 2.05. The third kappa shape index (κ3) is 8.61. The zero-order valence-electron chi connectivity index (χ0n) is 26.5. The van der Waals surface area contributed by atoms with Crippen LogP contribution in [0.3, 0.4) is 0 Å². The van der Waals surface area contributed by atoms with Crippen LogP contribution in [0, 0.1) is 0 Å². The van der Waals surface area contributed by atoms with E-state index < -0.39 is 42.4 Å². The summed E-state index contributed by atoms with van der Waals surface area (Å²) in [7, 11) is 1.00. The van der Waals surface area contributed by atoms with Gasteiger partial charge >= 0.3 is 13.2 Å². The monoisotopic (exact) mass is 607 g/mol. The van der Waals surface area contributed by atoms with Gasteiger partial charge in [0.05, 0.1) is 17.1 Å². The molecule has 2 aromatic rings. The molecule has 0 bridgehead atoms. The molecule has 3 unspecified atom stereocenters. The zero-order valence-corrected chi connectivity index (χ0v) is 26.5. The summed E-state index contributed by atoms with van der Waals surface area (Å²) in [5.74, 6) is -1.02. The van der Waals surface area contributed by atoms with Gasteiger partial charge in [0.2, 0.25) is 11.8 Å². The molecular weight excluding hydrogens is 561 g/mol. The Morgan fingerprint density at radius 1 is 0.955 bits per heavy atom. The Morgan fingerprint density at radius 2 is 1.57 bits per heavy atom. The maximum atomic E-state index is 14.0. The number of ether oxygens (including phenoxy) is 2. The van der Waals surface area contributed by atoms with E-state index in [4.69, 9.17) is 18.8 Å². The first kappa shape index (κ1) is 33.5. The lowest BCUT2D eigenvalue weighted by molar-refractivity contribution is -0.140. The normalized spacial score (nSPS) is 20.2. The molecule has 2 aliphatic heterocycles. The van der Waals surface area contributed by atoms with Gasteiger partial charge in [0.1, 0.15) is 18.7 Å². The maximum absolute atomic E-state index is 14.0. The fourth-order valence-corrected chi connectivity index (χ4v) is 5.52.